The number of Topliss-reactive ketones (excluding diaryl/α,β-unsaturated/α-hetero) is 1. The molecule has 0 unspecified atom stereocenters. The molecule has 0 aliphatic carbocycles. The van der Waals surface area contributed by atoms with Gasteiger partial charge in [-0.15, -0.1) is 0 Å². The van der Waals surface area contributed by atoms with Gasteiger partial charge in [-0.25, -0.2) is 4.98 Å². The zero-order chi connectivity index (χ0) is 26.6. The van der Waals surface area contributed by atoms with Crippen LogP contribution in [0.2, 0.25) is 10.0 Å². The maximum Gasteiger partial charge on any atom is 0.253 e. The smallest absolute Gasteiger partial charge is 0.253 e. The van der Waals surface area contributed by atoms with Crippen LogP contribution < -0.4 is 10.2 Å². The molecule has 12 heteroatoms. The van der Waals surface area contributed by atoms with Gasteiger partial charge >= 0.3 is 0 Å². The number of aromatic amines is 1. The number of aromatic nitrogens is 3. The van der Waals surface area contributed by atoms with E-state index < -0.39 is 24.0 Å². The van der Waals surface area contributed by atoms with Crippen LogP contribution in [0.5, 0.6) is 0 Å². The first-order valence-electron chi connectivity index (χ1n) is 10.8. The van der Waals surface area contributed by atoms with Crippen molar-refractivity contribution >= 4 is 52.4 Å². The number of benzene rings is 2. The fourth-order valence-corrected chi connectivity index (χ4v) is 3.67. The summed E-state index contributed by atoms with van der Waals surface area (Å²) in [7, 11) is 4.61. The quantitative estimate of drug-likeness (QED) is 0.339. The highest BCUT2D eigenvalue weighted by Crippen LogP contribution is 2.27. The summed E-state index contributed by atoms with van der Waals surface area (Å²) in [6.07, 6.45) is -0.542. The number of ketones is 1. The third-order valence-electron chi connectivity index (χ3n) is 5.16. The molecule has 1 aromatic heterocycles. The minimum atomic E-state index is -0.592. The van der Waals surface area contributed by atoms with Crippen LogP contribution >= 0.6 is 23.2 Å². The summed E-state index contributed by atoms with van der Waals surface area (Å²) in [5, 5.41) is 9.54. The summed E-state index contributed by atoms with van der Waals surface area (Å²) in [6, 6.07) is 9.27. The molecule has 0 atom stereocenters. The Hall–Kier alpha value is -3.76. The van der Waals surface area contributed by atoms with Gasteiger partial charge in [-0.2, -0.15) is 5.10 Å². The fourth-order valence-electron chi connectivity index (χ4n) is 3.35. The molecule has 0 aliphatic rings. The molecule has 1 heterocycles. The SMILES string of the molecule is CNC(=O)c1cc(C(=O)N(C)C)cc(N(Cc2ccc(Cl)c(Cl)c2)C(=O)CC(=O)c2n[nH]c(C)n2)c1. The number of hydrogen-bond donors (Lipinski definition) is 2. The fraction of sp³-hybridized carbons (Fsp3) is 0.250. The number of carbonyl (C=O) groups is 4. The van der Waals surface area contributed by atoms with Crippen molar-refractivity contribution < 1.29 is 19.2 Å². The second-order valence-electron chi connectivity index (χ2n) is 8.12. The van der Waals surface area contributed by atoms with Gasteiger partial charge in [0.2, 0.25) is 17.5 Å². The molecule has 0 fully saturated rings. The number of anilines is 1. The van der Waals surface area contributed by atoms with Crippen LogP contribution in [0.4, 0.5) is 5.69 Å². The summed E-state index contributed by atoms with van der Waals surface area (Å²) in [6.45, 7) is 1.62. The van der Waals surface area contributed by atoms with Crippen LogP contribution in [0.3, 0.4) is 0 Å². The molecule has 36 heavy (non-hydrogen) atoms. The lowest BCUT2D eigenvalue weighted by Gasteiger charge is -2.24. The van der Waals surface area contributed by atoms with Gasteiger partial charge in [0.1, 0.15) is 5.82 Å². The molecule has 3 rings (SSSR count). The first-order valence-corrected chi connectivity index (χ1v) is 11.5. The van der Waals surface area contributed by atoms with Gasteiger partial charge in [-0.3, -0.25) is 24.3 Å². The number of H-pyrrole nitrogens is 1. The van der Waals surface area contributed by atoms with Crippen LogP contribution in [0.25, 0.3) is 0 Å². The number of carbonyl (C=O) groups excluding carboxylic acids is 4. The number of amides is 3. The van der Waals surface area contributed by atoms with Gasteiger partial charge in [-0.05, 0) is 42.8 Å². The Labute approximate surface area is 217 Å². The van der Waals surface area contributed by atoms with E-state index in [4.69, 9.17) is 23.2 Å². The van der Waals surface area contributed by atoms with Gasteiger partial charge in [0.25, 0.3) is 11.8 Å². The Bertz CT molecular complexity index is 1340. The van der Waals surface area contributed by atoms with Crippen molar-refractivity contribution in [2.75, 3.05) is 26.0 Å². The summed E-state index contributed by atoms with van der Waals surface area (Å²) >= 11 is 12.2. The van der Waals surface area contributed by atoms with Crippen LogP contribution in [0.1, 0.15) is 49.1 Å². The second kappa shape index (κ2) is 11.3. The lowest BCUT2D eigenvalue weighted by molar-refractivity contribution is -0.117. The number of hydrogen-bond acceptors (Lipinski definition) is 6. The Morgan fingerprint density at radius 2 is 1.69 bits per heavy atom. The molecule has 2 N–H and O–H groups in total. The molecule has 3 aromatic rings. The summed E-state index contributed by atoms with van der Waals surface area (Å²) in [5.74, 6) is -1.67. The minimum absolute atomic E-state index is 0.0111. The van der Waals surface area contributed by atoms with Crippen LogP contribution in [0.15, 0.2) is 36.4 Å². The van der Waals surface area contributed by atoms with E-state index in [0.29, 0.717) is 16.4 Å². The molecule has 10 nitrogen and oxygen atoms in total. The molecule has 3 amide bonds. The molecule has 0 radical (unpaired) electrons. The number of rotatable bonds is 8. The average molecular weight is 531 g/mol. The van der Waals surface area contributed by atoms with Gasteiger partial charge in [0.05, 0.1) is 23.0 Å². The highest BCUT2D eigenvalue weighted by atomic mass is 35.5. The van der Waals surface area contributed by atoms with Crippen molar-refractivity contribution in [2.24, 2.45) is 0 Å². The van der Waals surface area contributed by atoms with Crippen LogP contribution in [-0.4, -0.2) is 64.7 Å². The highest BCUT2D eigenvalue weighted by Gasteiger charge is 2.25. The van der Waals surface area contributed by atoms with E-state index in [2.05, 4.69) is 20.5 Å². The summed E-state index contributed by atoms with van der Waals surface area (Å²) < 4.78 is 0. The lowest BCUT2D eigenvalue weighted by Crippen LogP contribution is -2.33. The molecule has 0 spiro atoms. The Balaban J connectivity index is 2.08. The van der Waals surface area contributed by atoms with Crippen LogP contribution in [-0.2, 0) is 11.3 Å². The van der Waals surface area contributed by atoms with E-state index in [1.165, 1.54) is 35.0 Å². The van der Waals surface area contributed by atoms with Crippen molar-refractivity contribution in [1.29, 1.82) is 0 Å². The predicted octanol–water partition coefficient (Wildman–Crippen LogP) is 3.29. The largest absolute Gasteiger partial charge is 0.355 e. The van der Waals surface area contributed by atoms with Gasteiger partial charge in [0.15, 0.2) is 0 Å². The molecule has 0 saturated carbocycles. The van der Waals surface area contributed by atoms with Crippen molar-refractivity contribution in [1.82, 2.24) is 25.4 Å². The lowest BCUT2D eigenvalue weighted by atomic mass is 10.1. The van der Waals surface area contributed by atoms with E-state index in [0.717, 1.165) is 0 Å². The topological polar surface area (TPSA) is 128 Å². The number of halogens is 2. The number of aryl methyl sites for hydroxylation is 1. The van der Waals surface area contributed by atoms with E-state index in [1.54, 1.807) is 39.2 Å². The standard InChI is InChI=1S/C24H24Cl2N6O4/c1-13-28-22(30-29-13)20(33)11-21(34)32(12-14-5-6-18(25)19(26)7-14)17-9-15(23(35)27-2)8-16(10-17)24(36)31(3)4/h5-10H,11-12H2,1-4H3,(H,27,35)(H,28,29,30). The Morgan fingerprint density at radius 1 is 1.00 bits per heavy atom. The van der Waals surface area contributed by atoms with Gasteiger partial charge in [0, 0.05) is 38.0 Å². The normalized spacial score (nSPS) is 10.6. The Kier molecular flexibility index (Phi) is 8.44. The van der Waals surface area contributed by atoms with E-state index in [-0.39, 0.29) is 40.1 Å². The maximum atomic E-state index is 13.4. The zero-order valence-electron chi connectivity index (χ0n) is 20.1. The van der Waals surface area contributed by atoms with Crippen molar-refractivity contribution in [3.63, 3.8) is 0 Å². The first kappa shape index (κ1) is 26.8. The molecule has 0 bridgehead atoms. The van der Waals surface area contributed by atoms with Gasteiger partial charge in [-0.1, -0.05) is 29.3 Å². The summed E-state index contributed by atoms with van der Waals surface area (Å²) in [4.78, 5) is 58.0. The molecule has 188 valence electrons. The molecule has 0 aliphatic heterocycles. The van der Waals surface area contributed by atoms with Crippen LogP contribution in [0, 0.1) is 6.92 Å². The minimum Gasteiger partial charge on any atom is -0.355 e. The third kappa shape index (κ3) is 6.27. The van der Waals surface area contributed by atoms with Crippen molar-refractivity contribution in [3.8, 4) is 0 Å². The monoisotopic (exact) mass is 530 g/mol. The number of nitrogens with one attached hydrogen (secondary N) is 2. The summed E-state index contributed by atoms with van der Waals surface area (Å²) in [5.41, 5.74) is 1.23. The van der Waals surface area contributed by atoms with Crippen molar-refractivity contribution in [2.45, 2.75) is 19.9 Å². The third-order valence-corrected chi connectivity index (χ3v) is 5.90. The molecule has 0 saturated heterocycles. The molecule has 2 aromatic carbocycles. The first-order chi connectivity index (χ1) is 17.0. The van der Waals surface area contributed by atoms with Gasteiger partial charge < -0.3 is 15.1 Å². The average Bonchev–Trinajstić information content (AvgIpc) is 3.29. The molecular formula is C24H24Cl2N6O4. The molecular weight excluding hydrogens is 507 g/mol. The Morgan fingerprint density at radius 3 is 2.28 bits per heavy atom. The zero-order valence-corrected chi connectivity index (χ0v) is 21.6. The predicted molar refractivity (Wildman–Crippen MR) is 136 cm³/mol. The second-order valence-corrected chi connectivity index (χ2v) is 8.93. The highest BCUT2D eigenvalue weighted by molar-refractivity contribution is 6.42. The van der Waals surface area contributed by atoms with E-state index in [1.807, 2.05) is 0 Å². The van der Waals surface area contributed by atoms with Crippen molar-refractivity contribution in [3.05, 3.63) is 74.8 Å². The van der Waals surface area contributed by atoms with E-state index >= 15 is 0 Å². The number of nitrogens with zero attached hydrogens (tertiary/aromatic N) is 4. The maximum absolute atomic E-state index is 13.4. The van der Waals surface area contributed by atoms with E-state index in [9.17, 15) is 19.2 Å².